The van der Waals surface area contributed by atoms with Crippen LogP contribution in [-0.4, -0.2) is 5.91 Å². The fraction of sp³-hybridized carbons (Fsp3) is 0.188. The zero-order valence-corrected chi connectivity index (χ0v) is 11.3. The van der Waals surface area contributed by atoms with Gasteiger partial charge in [-0.15, -0.1) is 0 Å². The molecule has 3 nitrogen and oxygen atoms in total. The van der Waals surface area contributed by atoms with Crippen LogP contribution in [0.4, 0.5) is 4.39 Å². The predicted octanol–water partition coefficient (Wildman–Crippen LogP) is 2.78. The molecule has 0 aliphatic heterocycles. The van der Waals surface area contributed by atoms with E-state index in [1.54, 1.807) is 30.3 Å². The summed E-state index contributed by atoms with van der Waals surface area (Å²) in [6.45, 7) is 2.33. The largest absolute Gasteiger partial charge is 0.366 e. The molecule has 3 N–H and O–H groups in total. The molecule has 1 unspecified atom stereocenters. The Bertz CT molecular complexity index is 613. The maximum absolute atomic E-state index is 13.7. The summed E-state index contributed by atoms with van der Waals surface area (Å²) in [5, 5.41) is 3.20. The molecule has 2 aromatic carbocycles. The average molecular weight is 272 g/mol. The maximum atomic E-state index is 13.7. The first-order chi connectivity index (χ1) is 9.59. The van der Waals surface area contributed by atoms with E-state index in [-0.39, 0.29) is 11.9 Å². The van der Waals surface area contributed by atoms with Crippen molar-refractivity contribution in [3.8, 4) is 0 Å². The molecule has 4 heteroatoms. The molecule has 0 spiro atoms. The zero-order chi connectivity index (χ0) is 14.5. The second-order valence-corrected chi connectivity index (χ2v) is 4.65. The minimum atomic E-state index is -0.457. The van der Waals surface area contributed by atoms with Gasteiger partial charge < -0.3 is 11.1 Å². The summed E-state index contributed by atoms with van der Waals surface area (Å²) in [4.78, 5) is 11.3. The quantitative estimate of drug-likeness (QED) is 0.879. The Hall–Kier alpha value is -2.20. The van der Waals surface area contributed by atoms with Gasteiger partial charge in [0.25, 0.3) is 0 Å². The summed E-state index contributed by atoms with van der Waals surface area (Å²) in [6.07, 6.45) is 0. The van der Waals surface area contributed by atoms with Gasteiger partial charge in [0.15, 0.2) is 0 Å². The molecule has 0 saturated carbocycles. The van der Waals surface area contributed by atoms with Crippen molar-refractivity contribution in [2.45, 2.75) is 19.5 Å². The number of primary amides is 1. The lowest BCUT2D eigenvalue weighted by Crippen LogP contribution is -2.22. The third kappa shape index (κ3) is 3.22. The number of halogens is 1. The molecule has 0 radical (unpaired) electrons. The normalized spacial score (nSPS) is 12.1. The summed E-state index contributed by atoms with van der Waals surface area (Å²) in [7, 11) is 0. The number of carbonyl (C=O) groups is 1. The number of benzene rings is 2. The van der Waals surface area contributed by atoms with Crippen LogP contribution in [0.1, 0.15) is 34.5 Å². The number of nitrogens with one attached hydrogen (secondary N) is 1. The highest BCUT2D eigenvalue weighted by Gasteiger charge is 2.11. The van der Waals surface area contributed by atoms with Crippen LogP contribution < -0.4 is 11.1 Å². The molecule has 20 heavy (non-hydrogen) atoms. The van der Waals surface area contributed by atoms with Crippen LogP contribution in [0.15, 0.2) is 48.5 Å². The van der Waals surface area contributed by atoms with Gasteiger partial charge >= 0.3 is 0 Å². The van der Waals surface area contributed by atoms with E-state index in [1.165, 1.54) is 6.07 Å². The lowest BCUT2D eigenvalue weighted by atomic mass is 10.0. The van der Waals surface area contributed by atoms with Crippen molar-refractivity contribution in [2.24, 2.45) is 5.73 Å². The monoisotopic (exact) mass is 272 g/mol. The smallest absolute Gasteiger partial charge is 0.249 e. The van der Waals surface area contributed by atoms with Crippen molar-refractivity contribution in [1.82, 2.24) is 5.32 Å². The lowest BCUT2D eigenvalue weighted by molar-refractivity contribution is 0.0999. The van der Waals surface area contributed by atoms with Gasteiger partial charge in [-0.05, 0) is 24.6 Å². The molecule has 0 heterocycles. The molecule has 2 aromatic rings. The van der Waals surface area contributed by atoms with Gasteiger partial charge in [0.1, 0.15) is 5.82 Å². The van der Waals surface area contributed by atoms with E-state index in [0.717, 1.165) is 5.56 Å². The van der Waals surface area contributed by atoms with Gasteiger partial charge in [0.05, 0.1) is 0 Å². The van der Waals surface area contributed by atoms with E-state index in [0.29, 0.717) is 17.7 Å². The van der Waals surface area contributed by atoms with Gasteiger partial charge in [-0.1, -0.05) is 36.4 Å². The third-order valence-corrected chi connectivity index (χ3v) is 3.25. The highest BCUT2D eigenvalue weighted by atomic mass is 19.1. The van der Waals surface area contributed by atoms with Crippen LogP contribution >= 0.6 is 0 Å². The van der Waals surface area contributed by atoms with Crippen LogP contribution in [-0.2, 0) is 6.54 Å². The molecule has 0 aliphatic carbocycles. The molecule has 104 valence electrons. The first-order valence-electron chi connectivity index (χ1n) is 6.45. The summed E-state index contributed by atoms with van der Waals surface area (Å²) in [6, 6.07) is 13.6. The minimum Gasteiger partial charge on any atom is -0.366 e. The molecule has 0 aliphatic rings. The minimum absolute atomic E-state index is 0.155. The van der Waals surface area contributed by atoms with Crippen LogP contribution in [0.2, 0.25) is 0 Å². The lowest BCUT2D eigenvalue weighted by Gasteiger charge is -2.16. The molecule has 2 rings (SSSR count). The van der Waals surface area contributed by atoms with E-state index in [1.807, 2.05) is 19.1 Å². The van der Waals surface area contributed by atoms with Crippen molar-refractivity contribution < 1.29 is 9.18 Å². The van der Waals surface area contributed by atoms with Crippen LogP contribution in [0.3, 0.4) is 0 Å². The van der Waals surface area contributed by atoms with Crippen molar-refractivity contribution in [3.63, 3.8) is 0 Å². The average Bonchev–Trinajstić information content (AvgIpc) is 2.45. The Morgan fingerprint density at radius 3 is 2.55 bits per heavy atom. The summed E-state index contributed by atoms with van der Waals surface area (Å²) < 4.78 is 13.7. The van der Waals surface area contributed by atoms with E-state index < -0.39 is 5.91 Å². The molecular formula is C16H17FN2O. The first kappa shape index (κ1) is 14.2. The second-order valence-electron chi connectivity index (χ2n) is 4.65. The fourth-order valence-corrected chi connectivity index (χ4v) is 2.11. The number of nitrogens with two attached hydrogens (primary N) is 1. The summed E-state index contributed by atoms with van der Waals surface area (Å²) >= 11 is 0. The molecule has 1 amide bonds. The van der Waals surface area contributed by atoms with Crippen molar-refractivity contribution in [2.75, 3.05) is 0 Å². The standard InChI is InChI=1S/C16H17FN2O/c1-11(13-7-4-5-9-15(13)17)19-10-12-6-2-3-8-14(12)16(18)20/h2-9,11,19H,10H2,1H3,(H2,18,20). The Balaban J connectivity index is 2.10. The Morgan fingerprint density at radius 1 is 1.20 bits per heavy atom. The maximum Gasteiger partial charge on any atom is 0.249 e. The summed E-state index contributed by atoms with van der Waals surface area (Å²) in [5.74, 6) is -0.698. The van der Waals surface area contributed by atoms with Gasteiger partial charge in [-0.3, -0.25) is 4.79 Å². The Morgan fingerprint density at radius 2 is 1.85 bits per heavy atom. The summed E-state index contributed by atoms with van der Waals surface area (Å²) in [5.41, 5.74) is 7.23. The molecule has 0 fully saturated rings. The topological polar surface area (TPSA) is 55.1 Å². The number of amides is 1. The van der Waals surface area contributed by atoms with Gasteiger partial charge in [-0.25, -0.2) is 4.39 Å². The third-order valence-electron chi connectivity index (χ3n) is 3.25. The predicted molar refractivity (Wildman–Crippen MR) is 76.6 cm³/mol. The van der Waals surface area contributed by atoms with Crippen LogP contribution in [0.5, 0.6) is 0 Å². The highest BCUT2D eigenvalue weighted by molar-refractivity contribution is 5.94. The van der Waals surface area contributed by atoms with E-state index in [4.69, 9.17) is 5.73 Å². The first-order valence-corrected chi connectivity index (χ1v) is 6.45. The number of rotatable bonds is 5. The SMILES string of the molecule is CC(NCc1ccccc1C(N)=O)c1ccccc1F. The van der Waals surface area contributed by atoms with E-state index >= 15 is 0 Å². The Labute approximate surface area is 117 Å². The number of carbonyl (C=O) groups excluding carboxylic acids is 1. The highest BCUT2D eigenvalue weighted by Crippen LogP contribution is 2.17. The Kier molecular flexibility index (Phi) is 4.48. The molecule has 0 saturated heterocycles. The van der Waals surface area contributed by atoms with E-state index in [9.17, 15) is 9.18 Å². The molecular weight excluding hydrogens is 255 g/mol. The van der Waals surface area contributed by atoms with Crippen molar-refractivity contribution >= 4 is 5.91 Å². The molecule has 0 bridgehead atoms. The number of hydrogen-bond donors (Lipinski definition) is 2. The van der Waals surface area contributed by atoms with Gasteiger partial charge in [0, 0.05) is 23.7 Å². The zero-order valence-electron chi connectivity index (χ0n) is 11.3. The molecule has 1 atom stereocenters. The fourth-order valence-electron chi connectivity index (χ4n) is 2.11. The van der Waals surface area contributed by atoms with E-state index in [2.05, 4.69) is 5.32 Å². The second kappa shape index (κ2) is 6.30. The number of hydrogen-bond acceptors (Lipinski definition) is 2. The van der Waals surface area contributed by atoms with Gasteiger partial charge in [-0.2, -0.15) is 0 Å². The van der Waals surface area contributed by atoms with Gasteiger partial charge in [0.2, 0.25) is 5.91 Å². The van der Waals surface area contributed by atoms with Crippen LogP contribution in [0, 0.1) is 5.82 Å². The van der Waals surface area contributed by atoms with Crippen molar-refractivity contribution in [1.29, 1.82) is 0 Å². The molecule has 0 aromatic heterocycles. The van der Waals surface area contributed by atoms with Crippen molar-refractivity contribution in [3.05, 3.63) is 71.0 Å². The van der Waals surface area contributed by atoms with Crippen LogP contribution in [0.25, 0.3) is 0 Å².